The lowest BCUT2D eigenvalue weighted by Crippen LogP contribution is -2.35. The summed E-state index contributed by atoms with van der Waals surface area (Å²) in [6.07, 6.45) is 0.878. The molecule has 1 fully saturated rings. The summed E-state index contributed by atoms with van der Waals surface area (Å²) in [5.74, 6) is 1.49. The number of aryl methyl sites for hydroxylation is 1. The molecule has 4 rings (SSSR count). The molecular weight excluding hydrogens is 340 g/mol. The Morgan fingerprint density at radius 1 is 1.22 bits per heavy atom. The smallest absolute Gasteiger partial charge is 0.217 e. The molecule has 2 aromatic carbocycles. The summed E-state index contributed by atoms with van der Waals surface area (Å²) in [5, 5.41) is 14.2. The fourth-order valence-electron chi connectivity index (χ4n) is 3.61. The van der Waals surface area contributed by atoms with Crippen LogP contribution >= 0.6 is 0 Å². The van der Waals surface area contributed by atoms with Gasteiger partial charge in [-0.15, -0.1) is 0 Å². The molecule has 6 heteroatoms. The Labute approximate surface area is 157 Å². The number of para-hydroxylation sites is 1. The zero-order valence-electron chi connectivity index (χ0n) is 15.4. The number of fused-ring (bicyclic) bond motifs is 1. The normalized spacial score (nSPS) is 16.7. The number of phenols is 1. The second-order valence-corrected chi connectivity index (χ2v) is 7.04. The Morgan fingerprint density at radius 3 is 2.81 bits per heavy atom. The standard InChI is InChI=1S/C21H22N4O2/c1-13-7-8-16-18(11-13)23-20(17-5-3-4-6-19(17)27)24-21(16)25-10-9-15(12-25)22-14(2)26/h3-8,11,15,27H,9-10,12H2,1-2H3,(H,22,26). The maximum atomic E-state index is 11.4. The number of amides is 1. The van der Waals surface area contributed by atoms with Crippen molar-refractivity contribution < 1.29 is 9.90 Å². The molecular formula is C21H22N4O2. The molecule has 1 atom stereocenters. The van der Waals surface area contributed by atoms with Crippen LogP contribution < -0.4 is 10.2 Å². The van der Waals surface area contributed by atoms with Gasteiger partial charge in [0.05, 0.1) is 11.1 Å². The third-order valence-electron chi connectivity index (χ3n) is 4.87. The van der Waals surface area contributed by atoms with E-state index < -0.39 is 0 Å². The first-order chi connectivity index (χ1) is 13.0. The van der Waals surface area contributed by atoms with Crippen LogP contribution in [0, 0.1) is 6.92 Å². The molecule has 3 aromatic rings. The monoisotopic (exact) mass is 362 g/mol. The van der Waals surface area contributed by atoms with Crippen molar-refractivity contribution in [2.75, 3.05) is 18.0 Å². The van der Waals surface area contributed by atoms with Crippen molar-refractivity contribution in [2.24, 2.45) is 0 Å². The number of carbonyl (C=O) groups excluding carboxylic acids is 1. The summed E-state index contributed by atoms with van der Waals surface area (Å²) in [4.78, 5) is 23.1. The van der Waals surface area contributed by atoms with E-state index in [-0.39, 0.29) is 17.7 Å². The number of carbonyl (C=O) groups is 1. The van der Waals surface area contributed by atoms with Gasteiger partial charge < -0.3 is 15.3 Å². The van der Waals surface area contributed by atoms with E-state index in [2.05, 4.69) is 16.3 Å². The maximum absolute atomic E-state index is 11.4. The highest BCUT2D eigenvalue weighted by atomic mass is 16.3. The molecule has 2 N–H and O–H groups in total. The van der Waals surface area contributed by atoms with Gasteiger partial charge in [-0.25, -0.2) is 9.97 Å². The second-order valence-electron chi connectivity index (χ2n) is 7.04. The zero-order valence-corrected chi connectivity index (χ0v) is 15.4. The van der Waals surface area contributed by atoms with Crippen molar-refractivity contribution in [3.63, 3.8) is 0 Å². The van der Waals surface area contributed by atoms with Crippen LogP contribution in [0.15, 0.2) is 42.5 Å². The molecule has 1 unspecified atom stereocenters. The Morgan fingerprint density at radius 2 is 2.04 bits per heavy atom. The molecule has 1 saturated heterocycles. The molecule has 0 radical (unpaired) electrons. The van der Waals surface area contributed by atoms with Crippen LogP contribution in [0.25, 0.3) is 22.3 Å². The van der Waals surface area contributed by atoms with E-state index in [0.29, 0.717) is 17.9 Å². The number of benzene rings is 2. The van der Waals surface area contributed by atoms with E-state index >= 15 is 0 Å². The lowest BCUT2D eigenvalue weighted by atomic mass is 10.1. The molecule has 27 heavy (non-hydrogen) atoms. The number of hydrogen-bond donors (Lipinski definition) is 2. The number of hydrogen-bond acceptors (Lipinski definition) is 5. The van der Waals surface area contributed by atoms with Crippen LogP contribution in [0.3, 0.4) is 0 Å². The topological polar surface area (TPSA) is 78.4 Å². The Hall–Kier alpha value is -3.15. The van der Waals surface area contributed by atoms with E-state index in [1.807, 2.05) is 31.2 Å². The molecule has 1 aromatic heterocycles. The molecule has 1 aliphatic heterocycles. The Balaban J connectivity index is 1.82. The quantitative estimate of drug-likeness (QED) is 0.749. The average Bonchev–Trinajstić information content (AvgIpc) is 3.08. The minimum absolute atomic E-state index is 0.0140. The van der Waals surface area contributed by atoms with Crippen molar-refractivity contribution in [3.05, 3.63) is 48.0 Å². The first kappa shape index (κ1) is 17.3. The number of rotatable bonds is 3. The summed E-state index contributed by atoms with van der Waals surface area (Å²) < 4.78 is 0. The van der Waals surface area contributed by atoms with E-state index in [1.54, 1.807) is 19.1 Å². The SMILES string of the molecule is CC(=O)NC1CCN(c2nc(-c3ccccc3O)nc3cc(C)ccc23)C1. The van der Waals surface area contributed by atoms with Crippen LogP contribution in [-0.4, -0.2) is 40.1 Å². The molecule has 138 valence electrons. The number of phenolic OH excluding ortho intramolecular Hbond substituents is 1. The van der Waals surface area contributed by atoms with Gasteiger partial charge in [-0.1, -0.05) is 18.2 Å². The second kappa shape index (κ2) is 6.87. The van der Waals surface area contributed by atoms with E-state index in [1.165, 1.54) is 0 Å². The molecule has 1 amide bonds. The van der Waals surface area contributed by atoms with Crippen LogP contribution in [-0.2, 0) is 4.79 Å². The van der Waals surface area contributed by atoms with Crippen molar-refractivity contribution >= 4 is 22.6 Å². The lowest BCUT2D eigenvalue weighted by molar-refractivity contribution is -0.119. The third-order valence-corrected chi connectivity index (χ3v) is 4.87. The predicted molar refractivity (Wildman–Crippen MR) is 106 cm³/mol. The molecule has 1 aliphatic rings. The summed E-state index contributed by atoms with van der Waals surface area (Å²) in [6.45, 7) is 5.09. The van der Waals surface area contributed by atoms with Gasteiger partial charge in [0.1, 0.15) is 11.6 Å². The summed E-state index contributed by atoms with van der Waals surface area (Å²) in [6, 6.07) is 13.3. The first-order valence-corrected chi connectivity index (χ1v) is 9.10. The number of aromatic hydroxyl groups is 1. The van der Waals surface area contributed by atoms with Gasteiger partial charge >= 0.3 is 0 Å². The average molecular weight is 362 g/mol. The largest absolute Gasteiger partial charge is 0.507 e. The molecule has 0 aliphatic carbocycles. The summed E-state index contributed by atoms with van der Waals surface area (Å²) in [5.41, 5.74) is 2.58. The van der Waals surface area contributed by atoms with Crippen LogP contribution in [0.1, 0.15) is 18.9 Å². The van der Waals surface area contributed by atoms with E-state index in [4.69, 9.17) is 9.97 Å². The van der Waals surface area contributed by atoms with Crippen LogP contribution in [0.2, 0.25) is 0 Å². The number of nitrogens with one attached hydrogen (secondary N) is 1. The minimum Gasteiger partial charge on any atom is -0.507 e. The highest BCUT2D eigenvalue weighted by Gasteiger charge is 2.26. The number of nitrogens with zero attached hydrogens (tertiary/aromatic N) is 3. The van der Waals surface area contributed by atoms with Crippen molar-refractivity contribution in [2.45, 2.75) is 26.3 Å². The van der Waals surface area contributed by atoms with E-state index in [9.17, 15) is 9.90 Å². The van der Waals surface area contributed by atoms with Crippen molar-refractivity contribution in [1.29, 1.82) is 0 Å². The van der Waals surface area contributed by atoms with E-state index in [0.717, 1.165) is 35.2 Å². The van der Waals surface area contributed by atoms with Crippen molar-refractivity contribution in [3.8, 4) is 17.1 Å². The molecule has 2 heterocycles. The minimum atomic E-state index is -0.0140. The zero-order chi connectivity index (χ0) is 19.0. The summed E-state index contributed by atoms with van der Waals surface area (Å²) >= 11 is 0. The highest BCUT2D eigenvalue weighted by molar-refractivity contribution is 5.92. The third kappa shape index (κ3) is 3.43. The van der Waals surface area contributed by atoms with Gasteiger partial charge in [-0.05, 0) is 43.2 Å². The molecule has 0 bridgehead atoms. The maximum Gasteiger partial charge on any atom is 0.217 e. The van der Waals surface area contributed by atoms with Gasteiger partial charge in [0.25, 0.3) is 0 Å². The van der Waals surface area contributed by atoms with Crippen molar-refractivity contribution in [1.82, 2.24) is 15.3 Å². The summed E-state index contributed by atoms with van der Waals surface area (Å²) in [7, 11) is 0. The predicted octanol–water partition coefficient (Wildman–Crippen LogP) is 3.03. The molecule has 0 saturated carbocycles. The van der Waals surface area contributed by atoms with Gasteiger partial charge in [0.15, 0.2) is 5.82 Å². The van der Waals surface area contributed by atoms with Crippen LogP contribution in [0.4, 0.5) is 5.82 Å². The Kier molecular flexibility index (Phi) is 4.39. The van der Waals surface area contributed by atoms with Gasteiger partial charge in [-0.3, -0.25) is 4.79 Å². The fraction of sp³-hybridized carbons (Fsp3) is 0.286. The highest BCUT2D eigenvalue weighted by Crippen LogP contribution is 2.33. The fourth-order valence-corrected chi connectivity index (χ4v) is 3.61. The number of aromatic nitrogens is 2. The number of anilines is 1. The van der Waals surface area contributed by atoms with Gasteiger partial charge in [0, 0.05) is 31.4 Å². The first-order valence-electron chi connectivity index (χ1n) is 9.10. The van der Waals surface area contributed by atoms with Gasteiger partial charge in [0.2, 0.25) is 5.91 Å². The van der Waals surface area contributed by atoms with Gasteiger partial charge in [-0.2, -0.15) is 0 Å². The molecule has 6 nitrogen and oxygen atoms in total. The lowest BCUT2D eigenvalue weighted by Gasteiger charge is -2.20. The molecule has 0 spiro atoms. The Bertz CT molecular complexity index is 1020. The van der Waals surface area contributed by atoms with Crippen LogP contribution in [0.5, 0.6) is 5.75 Å².